The Bertz CT molecular complexity index is 852. The van der Waals surface area contributed by atoms with Gasteiger partial charge in [-0.05, 0) is 49.3 Å². The van der Waals surface area contributed by atoms with Crippen LogP contribution in [-0.4, -0.2) is 48.7 Å². The summed E-state index contributed by atoms with van der Waals surface area (Å²) >= 11 is 0. The van der Waals surface area contributed by atoms with Crippen molar-refractivity contribution in [2.45, 2.75) is 38.3 Å². The predicted molar refractivity (Wildman–Crippen MR) is 105 cm³/mol. The molecule has 1 atom stereocenters. The number of anilines is 1. The van der Waals surface area contributed by atoms with Crippen molar-refractivity contribution in [2.75, 3.05) is 37.7 Å². The molecule has 1 spiro atoms. The highest BCUT2D eigenvalue weighted by atomic mass is 19.4. The summed E-state index contributed by atoms with van der Waals surface area (Å²) in [5.74, 6) is 0.337. The molecule has 1 saturated carbocycles. The first-order valence-electron chi connectivity index (χ1n) is 10.5. The van der Waals surface area contributed by atoms with Gasteiger partial charge in [0.05, 0.1) is 17.2 Å². The van der Waals surface area contributed by atoms with Gasteiger partial charge in [0, 0.05) is 50.3 Å². The number of carbonyl (C=O) groups is 1. The van der Waals surface area contributed by atoms with Crippen LogP contribution < -0.4 is 4.90 Å². The Labute approximate surface area is 174 Å². The summed E-state index contributed by atoms with van der Waals surface area (Å²) in [6.45, 7) is 2.26. The molecule has 4 rings (SSSR count). The summed E-state index contributed by atoms with van der Waals surface area (Å²) in [4.78, 5) is 16.4. The molecule has 1 N–H and O–H groups in total. The molecule has 2 saturated heterocycles. The highest BCUT2D eigenvalue weighted by Crippen LogP contribution is 2.47. The maximum Gasteiger partial charge on any atom is 0.417 e. The van der Waals surface area contributed by atoms with Gasteiger partial charge in [-0.2, -0.15) is 18.4 Å². The molecule has 2 heterocycles. The average Bonchev–Trinajstić information content (AvgIpc) is 3.04. The van der Waals surface area contributed by atoms with Gasteiger partial charge >= 0.3 is 6.18 Å². The number of rotatable bonds is 3. The van der Waals surface area contributed by atoms with E-state index in [0.717, 1.165) is 38.2 Å². The van der Waals surface area contributed by atoms with Gasteiger partial charge < -0.3 is 14.9 Å². The Kier molecular flexibility index (Phi) is 5.43. The number of benzene rings is 1. The van der Waals surface area contributed by atoms with Crippen LogP contribution in [0.2, 0.25) is 0 Å². The fraction of sp³-hybridized carbons (Fsp3) is 0.636. The topological polar surface area (TPSA) is 67.6 Å². The monoisotopic (exact) mass is 421 g/mol. The van der Waals surface area contributed by atoms with Gasteiger partial charge in [-0.1, -0.05) is 6.42 Å². The summed E-state index contributed by atoms with van der Waals surface area (Å²) in [5, 5.41) is 19.0. The quantitative estimate of drug-likeness (QED) is 0.812. The van der Waals surface area contributed by atoms with E-state index in [1.54, 1.807) is 12.1 Å². The van der Waals surface area contributed by atoms with E-state index in [1.807, 2.05) is 9.80 Å². The number of amides is 1. The van der Waals surface area contributed by atoms with Gasteiger partial charge in [0.2, 0.25) is 5.91 Å². The molecule has 3 aliphatic rings. The molecule has 1 aliphatic carbocycles. The van der Waals surface area contributed by atoms with Gasteiger partial charge in [0.15, 0.2) is 0 Å². The van der Waals surface area contributed by atoms with Crippen molar-refractivity contribution in [3.05, 3.63) is 29.3 Å². The lowest BCUT2D eigenvalue weighted by Crippen LogP contribution is -2.49. The van der Waals surface area contributed by atoms with Crippen LogP contribution in [0, 0.1) is 28.6 Å². The average molecular weight is 421 g/mol. The molecule has 1 unspecified atom stereocenters. The van der Waals surface area contributed by atoms with Crippen LogP contribution in [0.3, 0.4) is 0 Å². The molecule has 1 aromatic carbocycles. The molecule has 2 aliphatic heterocycles. The van der Waals surface area contributed by atoms with Crippen LogP contribution in [0.4, 0.5) is 18.9 Å². The van der Waals surface area contributed by atoms with Crippen LogP contribution in [0.15, 0.2) is 18.2 Å². The minimum atomic E-state index is -4.60. The van der Waals surface area contributed by atoms with E-state index in [-0.39, 0.29) is 35.3 Å². The highest BCUT2D eigenvalue weighted by molar-refractivity contribution is 5.79. The highest BCUT2D eigenvalue weighted by Gasteiger charge is 2.49. The molecule has 3 fully saturated rings. The molecule has 162 valence electrons. The van der Waals surface area contributed by atoms with E-state index in [1.165, 1.54) is 6.07 Å². The van der Waals surface area contributed by atoms with Crippen molar-refractivity contribution in [1.82, 2.24) is 4.90 Å². The number of halogens is 3. The lowest BCUT2D eigenvalue weighted by Gasteiger charge is -2.43. The van der Waals surface area contributed by atoms with E-state index in [4.69, 9.17) is 5.26 Å². The Morgan fingerprint density at radius 2 is 1.97 bits per heavy atom. The summed E-state index contributed by atoms with van der Waals surface area (Å²) in [6.07, 6.45) is -0.0605. The molecule has 0 bridgehead atoms. The van der Waals surface area contributed by atoms with E-state index in [9.17, 15) is 23.1 Å². The van der Waals surface area contributed by atoms with Gasteiger partial charge in [-0.3, -0.25) is 4.79 Å². The van der Waals surface area contributed by atoms with E-state index in [2.05, 4.69) is 0 Å². The Hall–Kier alpha value is -2.27. The van der Waals surface area contributed by atoms with Crippen LogP contribution in [0.1, 0.15) is 43.2 Å². The standard InChI is InChI=1S/C22H26F3N3O2/c23-22(24,25)19-10-18(5-4-16(19)11-26)28-12-17(13-29)21(14-28)6-8-27(9-7-21)20(30)15-2-1-3-15/h4-5,10,15,17,29H,1-3,6-9,12-14H2. The summed E-state index contributed by atoms with van der Waals surface area (Å²) in [5.41, 5.74) is -1.10. The third-order valence-corrected chi connectivity index (χ3v) is 7.35. The fourth-order valence-electron chi connectivity index (χ4n) is 5.19. The predicted octanol–water partition coefficient (Wildman–Crippen LogP) is 3.41. The van der Waals surface area contributed by atoms with Crippen molar-refractivity contribution < 1.29 is 23.1 Å². The van der Waals surface area contributed by atoms with Crippen LogP contribution in [0.5, 0.6) is 0 Å². The van der Waals surface area contributed by atoms with Crippen molar-refractivity contribution >= 4 is 11.6 Å². The molecular formula is C22H26F3N3O2. The van der Waals surface area contributed by atoms with Crippen LogP contribution in [0.25, 0.3) is 0 Å². The zero-order valence-corrected chi connectivity index (χ0v) is 16.8. The number of hydrogen-bond acceptors (Lipinski definition) is 4. The second kappa shape index (κ2) is 7.77. The molecule has 30 heavy (non-hydrogen) atoms. The summed E-state index contributed by atoms with van der Waals surface area (Å²) < 4.78 is 40.1. The lowest BCUT2D eigenvalue weighted by atomic mass is 9.71. The number of nitriles is 1. The summed E-state index contributed by atoms with van der Waals surface area (Å²) in [7, 11) is 0. The minimum absolute atomic E-state index is 0.0323. The molecule has 5 nitrogen and oxygen atoms in total. The van der Waals surface area contributed by atoms with Crippen molar-refractivity contribution in [1.29, 1.82) is 5.26 Å². The Morgan fingerprint density at radius 3 is 2.50 bits per heavy atom. The van der Waals surface area contributed by atoms with Gasteiger partial charge in [-0.15, -0.1) is 0 Å². The van der Waals surface area contributed by atoms with E-state index < -0.39 is 11.7 Å². The van der Waals surface area contributed by atoms with Gasteiger partial charge in [0.1, 0.15) is 0 Å². The molecular weight excluding hydrogens is 395 g/mol. The third kappa shape index (κ3) is 3.64. The second-order valence-corrected chi connectivity index (χ2v) is 8.91. The second-order valence-electron chi connectivity index (χ2n) is 8.91. The first-order chi connectivity index (χ1) is 14.3. The van der Waals surface area contributed by atoms with Crippen molar-refractivity contribution in [3.8, 4) is 6.07 Å². The minimum Gasteiger partial charge on any atom is -0.396 e. The van der Waals surface area contributed by atoms with Gasteiger partial charge in [-0.25, -0.2) is 0 Å². The third-order valence-electron chi connectivity index (χ3n) is 7.35. The maximum atomic E-state index is 13.4. The largest absolute Gasteiger partial charge is 0.417 e. The number of nitrogens with zero attached hydrogens (tertiary/aromatic N) is 3. The maximum absolute atomic E-state index is 13.4. The first-order valence-corrected chi connectivity index (χ1v) is 10.5. The van der Waals surface area contributed by atoms with Crippen LogP contribution in [-0.2, 0) is 11.0 Å². The van der Waals surface area contributed by atoms with E-state index in [0.29, 0.717) is 31.9 Å². The Balaban J connectivity index is 1.51. The van der Waals surface area contributed by atoms with Crippen molar-refractivity contribution in [2.24, 2.45) is 17.3 Å². The normalized spacial score (nSPS) is 24.0. The number of piperidine rings is 1. The molecule has 1 aromatic rings. The number of aliphatic hydroxyl groups is 1. The number of aliphatic hydroxyl groups excluding tert-OH is 1. The van der Waals surface area contributed by atoms with Crippen LogP contribution >= 0.6 is 0 Å². The smallest absolute Gasteiger partial charge is 0.396 e. The fourth-order valence-corrected chi connectivity index (χ4v) is 5.19. The van der Waals surface area contributed by atoms with Crippen molar-refractivity contribution in [3.63, 3.8) is 0 Å². The zero-order valence-electron chi connectivity index (χ0n) is 16.8. The number of carbonyl (C=O) groups excluding carboxylic acids is 1. The molecule has 8 heteroatoms. The molecule has 0 radical (unpaired) electrons. The Morgan fingerprint density at radius 1 is 1.27 bits per heavy atom. The number of alkyl halides is 3. The number of likely N-dealkylation sites (tertiary alicyclic amines) is 1. The lowest BCUT2D eigenvalue weighted by molar-refractivity contribution is -0.141. The molecule has 1 amide bonds. The zero-order chi connectivity index (χ0) is 21.5. The molecule has 0 aromatic heterocycles. The number of hydrogen-bond donors (Lipinski definition) is 1. The first kappa shape index (κ1) is 21.0. The summed E-state index contributed by atoms with van der Waals surface area (Å²) in [6, 6.07) is 5.43. The van der Waals surface area contributed by atoms with E-state index >= 15 is 0 Å². The van der Waals surface area contributed by atoms with Gasteiger partial charge in [0.25, 0.3) is 0 Å². The SMILES string of the molecule is N#Cc1ccc(N2CC(CO)C3(CCN(C(=O)C4CCC4)CC3)C2)cc1C(F)(F)F.